The first-order chi connectivity index (χ1) is 13.5. The van der Waals surface area contributed by atoms with Crippen LogP contribution in [-0.4, -0.2) is 23.5 Å². The van der Waals surface area contributed by atoms with Gasteiger partial charge in [-0.1, -0.05) is 0 Å². The second kappa shape index (κ2) is 8.75. The second-order valence-corrected chi connectivity index (χ2v) is 6.96. The summed E-state index contributed by atoms with van der Waals surface area (Å²) in [4.78, 5) is 24.8. The first-order valence-electron chi connectivity index (χ1n) is 8.72. The maximum atomic E-state index is 12.5. The van der Waals surface area contributed by atoms with Gasteiger partial charge in [0.15, 0.2) is 0 Å². The number of nitrogens with one attached hydrogen (secondary N) is 2. The average Bonchev–Trinajstić information content (AvgIpc) is 3.10. The number of methoxy groups -OCH3 is 1. The number of halogens is 1. The Kier molecular flexibility index (Phi) is 6.16. The Morgan fingerprint density at radius 1 is 0.964 bits per heavy atom. The van der Waals surface area contributed by atoms with E-state index >= 15 is 0 Å². The lowest BCUT2D eigenvalue weighted by atomic mass is 10.2. The van der Waals surface area contributed by atoms with Crippen molar-refractivity contribution in [3.63, 3.8) is 0 Å². The zero-order valence-electron chi connectivity index (χ0n) is 15.5. The third-order valence-electron chi connectivity index (χ3n) is 4.19. The summed E-state index contributed by atoms with van der Waals surface area (Å²) >= 11 is 3.39. The number of benzene rings is 2. The van der Waals surface area contributed by atoms with E-state index in [1.807, 2.05) is 17.7 Å². The van der Waals surface area contributed by atoms with Crippen LogP contribution >= 0.6 is 15.9 Å². The molecule has 1 aromatic heterocycles. The van der Waals surface area contributed by atoms with Crippen molar-refractivity contribution in [2.24, 2.45) is 0 Å². The Labute approximate surface area is 171 Å². The van der Waals surface area contributed by atoms with Crippen molar-refractivity contribution in [2.45, 2.75) is 13.5 Å². The van der Waals surface area contributed by atoms with Gasteiger partial charge in [0.2, 0.25) is 0 Å². The van der Waals surface area contributed by atoms with E-state index in [-0.39, 0.29) is 11.8 Å². The van der Waals surface area contributed by atoms with Crippen LogP contribution in [0.15, 0.2) is 65.3 Å². The summed E-state index contributed by atoms with van der Waals surface area (Å²) in [6.45, 7) is 2.66. The minimum absolute atomic E-state index is 0.206. The van der Waals surface area contributed by atoms with E-state index in [0.29, 0.717) is 29.2 Å². The lowest BCUT2D eigenvalue weighted by Crippen LogP contribution is -2.16. The number of rotatable bonds is 6. The highest BCUT2D eigenvalue weighted by atomic mass is 79.9. The average molecular weight is 442 g/mol. The molecule has 2 amide bonds. The van der Waals surface area contributed by atoms with Crippen LogP contribution < -0.4 is 15.4 Å². The number of aromatic nitrogens is 1. The molecule has 2 N–H and O–H groups in total. The van der Waals surface area contributed by atoms with Crippen LogP contribution in [0.4, 0.5) is 11.4 Å². The van der Waals surface area contributed by atoms with Gasteiger partial charge in [-0.3, -0.25) is 9.59 Å². The molecule has 0 fully saturated rings. The summed E-state index contributed by atoms with van der Waals surface area (Å²) in [5, 5.41) is 5.67. The van der Waals surface area contributed by atoms with Gasteiger partial charge in [0.25, 0.3) is 11.8 Å². The third kappa shape index (κ3) is 4.61. The largest absolute Gasteiger partial charge is 0.497 e. The van der Waals surface area contributed by atoms with E-state index in [1.54, 1.807) is 61.7 Å². The number of hydrogen-bond donors (Lipinski definition) is 2. The summed E-state index contributed by atoms with van der Waals surface area (Å²) in [6, 6.07) is 15.6. The molecule has 0 saturated heterocycles. The standard InChI is InChI=1S/C21H20BrN3O3/c1-3-25-13-15(22)12-19(25)21(27)24-16-6-4-14(5-7-16)20(26)23-17-8-10-18(28-2)11-9-17/h4-13H,3H2,1-2H3,(H,23,26)(H,24,27). The van der Waals surface area contributed by atoms with Crippen LogP contribution in [0.5, 0.6) is 5.75 Å². The fourth-order valence-electron chi connectivity index (χ4n) is 2.70. The smallest absolute Gasteiger partial charge is 0.272 e. The molecule has 0 aliphatic carbocycles. The fraction of sp³-hybridized carbons (Fsp3) is 0.143. The maximum absolute atomic E-state index is 12.5. The summed E-state index contributed by atoms with van der Waals surface area (Å²) in [5.41, 5.74) is 2.35. The SMILES string of the molecule is CCn1cc(Br)cc1C(=O)Nc1ccc(C(=O)Nc2ccc(OC)cc2)cc1. The lowest BCUT2D eigenvalue weighted by Gasteiger charge is -2.09. The first kappa shape index (κ1) is 19.7. The van der Waals surface area contributed by atoms with Gasteiger partial charge in [0, 0.05) is 34.2 Å². The third-order valence-corrected chi connectivity index (χ3v) is 4.62. The van der Waals surface area contributed by atoms with E-state index in [2.05, 4.69) is 26.6 Å². The van der Waals surface area contributed by atoms with E-state index < -0.39 is 0 Å². The Bertz CT molecular complexity index is 979. The van der Waals surface area contributed by atoms with Crippen LogP contribution in [0.25, 0.3) is 0 Å². The number of carbonyl (C=O) groups excluding carboxylic acids is 2. The minimum atomic E-state index is -0.230. The molecule has 0 unspecified atom stereocenters. The molecule has 0 spiro atoms. The van der Waals surface area contributed by atoms with E-state index in [0.717, 1.165) is 10.2 Å². The van der Waals surface area contributed by atoms with Crippen molar-refractivity contribution >= 4 is 39.1 Å². The van der Waals surface area contributed by atoms with Gasteiger partial charge in [0.1, 0.15) is 11.4 Å². The predicted molar refractivity (Wildman–Crippen MR) is 113 cm³/mol. The predicted octanol–water partition coefficient (Wildman–Crippen LogP) is 4.78. The van der Waals surface area contributed by atoms with Crippen molar-refractivity contribution in [3.05, 3.63) is 76.5 Å². The number of aryl methyl sites for hydroxylation is 1. The van der Waals surface area contributed by atoms with Gasteiger partial charge in [-0.2, -0.15) is 0 Å². The van der Waals surface area contributed by atoms with Crippen LogP contribution in [0, 0.1) is 0 Å². The number of amides is 2. The van der Waals surface area contributed by atoms with Gasteiger partial charge < -0.3 is 19.9 Å². The molecule has 28 heavy (non-hydrogen) atoms. The molecule has 0 radical (unpaired) electrons. The summed E-state index contributed by atoms with van der Waals surface area (Å²) in [7, 11) is 1.59. The first-order valence-corrected chi connectivity index (χ1v) is 9.52. The highest BCUT2D eigenvalue weighted by Gasteiger charge is 2.13. The molecule has 0 aliphatic heterocycles. The number of anilines is 2. The normalized spacial score (nSPS) is 10.4. The molecule has 1 heterocycles. The summed E-state index contributed by atoms with van der Waals surface area (Å²) in [6.07, 6.45) is 1.86. The molecule has 0 bridgehead atoms. The number of nitrogens with zero attached hydrogens (tertiary/aromatic N) is 1. The number of ether oxygens (including phenoxy) is 1. The molecule has 144 valence electrons. The zero-order chi connectivity index (χ0) is 20.1. The van der Waals surface area contributed by atoms with Gasteiger partial charge in [-0.25, -0.2) is 0 Å². The molecule has 7 heteroatoms. The van der Waals surface area contributed by atoms with E-state index in [4.69, 9.17) is 4.74 Å². The van der Waals surface area contributed by atoms with Crippen LogP contribution in [-0.2, 0) is 6.54 Å². The Morgan fingerprint density at radius 2 is 1.54 bits per heavy atom. The van der Waals surface area contributed by atoms with Gasteiger partial charge >= 0.3 is 0 Å². The molecular weight excluding hydrogens is 422 g/mol. The molecule has 3 aromatic rings. The lowest BCUT2D eigenvalue weighted by molar-refractivity contribution is 0.101. The van der Waals surface area contributed by atoms with Crippen molar-refractivity contribution in [1.82, 2.24) is 4.57 Å². The zero-order valence-corrected chi connectivity index (χ0v) is 17.1. The summed E-state index contributed by atoms with van der Waals surface area (Å²) in [5.74, 6) is 0.286. The van der Waals surface area contributed by atoms with Gasteiger partial charge in [-0.15, -0.1) is 0 Å². The number of carbonyl (C=O) groups is 2. The molecule has 6 nitrogen and oxygen atoms in total. The van der Waals surface area contributed by atoms with Crippen molar-refractivity contribution in [2.75, 3.05) is 17.7 Å². The molecular formula is C21H20BrN3O3. The fourth-order valence-corrected chi connectivity index (χ4v) is 3.17. The summed E-state index contributed by atoms with van der Waals surface area (Å²) < 4.78 is 7.81. The Balaban J connectivity index is 1.65. The maximum Gasteiger partial charge on any atom is 0.272 e. The minimum Gasteiger partial charge on any atom is -0.497 e. The monoisotopic (exact) mass is 441 g/mol. The Hall–Kier alpha value is -3.06. The molecule has 0 saturated carbocycles. The van der Waals surface area contributed by atoms with Crippen LogP contribution in [0.3, 0.4) is 0 Å². The Morgan fingerprint density at radius 3 is 2.11 bits per heavy atom. The van der Waals surface area contributed by atoms with Gasteiger partial charge in [-0.05, 0) is 77.5 Å². The van der Waals surface area contributed by atoms with Gasteiger partial charge in [0.05, 0.1) is 7.11 Å². The number of hydrogen-bond acceptors (Lipinski definition) is 3. The molecule has 0 atom stereocenters. The quantitative estimate of drug-likeness (QED) is 0.577. The van der Waals surface area contributed by atoms with E-state index in [9.17, 15) is 9.59 Å². The van der Waals surface area contributed by atoms with Crippen LogP contribution in [0.1, 0.15) is 27.8 Å². The highest BCUT2D eigenvalue weighted by Crippen LogP contribution is 2.19. The van der Waals surface area contributed by atoms with E-state index in [1.165, 1.54) is 0 Å². The van der Waals surface area contributed by atoms with Crippen molar-refractivity contribution < 1.29 is 14.3 Å². The second-order valence-electron chi connectivity index (χ2n) is 6.04. The molecule has 0 aliphatic rings. The highest BCUT2D eigenvalue weighted by molar-refractivity contribution is 9.10. The van der Waals surface area contributed by atoms with Crippen LogP contribution in [0.2, 0.25) is 0 Å². The van der Waals surface area contributed by atoms with Crippen molar-refractivity contribution in [1.29, 1.82) is 0 Å². The van der Waals surface area contributed by atoms with Crippen molar-refractivity contribution in [3.8, 4) is 5.75 Å². The molecule has 2 aromatic carbocycles. The molecule has 3 rings (SSSR count). The topological polar surface area (TPSA) is 72.4 Å².